The molecule has 1 saturated carbocycles. The number of amides is 1. The molecule has 2 aliphatic rings. The number of hydrogen-bond acceptors (Lipinski definition) is 6. The largest absolute Gasteiger partial charge is 0.379 e. The number of thioether (sulfide) groups is 1. The Labute approximate surface area is 170 Å². The lowest BCUT2D eigenvalue weighted by atomic mass is 9.86. The highest BCUT2D eigenvalue weighted by molar-refractivity contribution is 8.14. The molecule has 4 rings (SSSR count). The first-order chi connectivity index (χ1) is 13.9. The highest BCUT2D eigenvalue weighted by atomic mass is 32.2. The normalized spacial score (nSPS) is 24.8. The molecule has 2 aromatic rings. The van der Waals surface area contributed by atoms with Gasteiger partial charge in [0.25, 0.3) is 5.91 Å². The lowest BCUT2D eigenvalue weighted by Crippen LogP contribution is -2.36. The van der Waals surface area contributed by atoms with Gasteiger partial charge in [0, 0.05) is 28.6 Å². The van der Waals surface area contributed by atoms with Gasteiger partial charge < -0.3 is 11.1 Å². The predicted octanol–water partition coefficient (Wildman–Crippen LogP) is 3.27. The van der Waals surface area contributed by atoms with Crippen LogP contribution in [0.15, 0.2) is 35.5 Å². The summed E-state index contributed by atoms with van der Waals surface area (Å²) in [5, 5.41) is 12.0. The lowest BCUT2D eigenvalue weighted by Gasteiger charge is -2.31. The van der Waals surface area contributed by atoms with Crippen molar-refractivity contribution >= 4 is 28.5 Å². The second-order valence-electron chi connectivity index (χ2n) is 7.16. The summed E-state index contributed by atoms with van der Waals surface area (Å²) in [6.45, 7) is 0.793. The molecule has 1 aliphatic carbocycles. The van der Waals surface area contributed by atoms with Crippen LogP contribution in [0.4, 0.5) is 14.5 Å². The van der Waals surface area contributed by atoms with Crippen molar-refractivity contribution < 1.29 is 13.6 Å². The number of aryl methyl sites for hydroxylation is 1. The van der Waals surface area contributed by atoms with Crippen LogP contribution in [0.1, 0.15) is 33.6 Å². The minimum absolute atomic E-state index is 0.0815. The van der Waals surface area contributed by atoms with Gasteiger partial charge in [-0.2, -0.15) is 5.26 Å². The summed E-state index contributed by atoms with van der Waals surface area (Å²) in [5.41, 5.74) is 5.89. The van der Waals surface area contributed by atoms with Gasteiger partial charge in [-0.1, -0.05) is 11.8 Å². The molecule has 1 aromatic heterocycles. The van der Waals surface area contributed by atoms with Crippen LogP contribution in [-0.2, 0) is 5.54 Å². The van der Waals surface area contributed by atoms with Gasteiger partial charge in [-0.25, -0.2) is 18.8 Å². The number of nitrogens with two attached hydrogens (primary N) is 1. The number of benzene rings is 1. The summed E-state index contributed by atoms with van der Waals surface area (Å²) >= 11 is 1.39. The molecule has 3 N–H and O–H groups in total. The van der Waals surface area contributed by atoms with Crippen LogP contribution < -0.4 is 11.1 Å². The first kappa shape index (κ1) is 19.3. The van der Waals surface area contributed by atoms with E-state index in [4.69, 9.17) is 11.0 Å². The third-order valence-electron chi connectivity index (χ3n) is 5.24. The molecule has 1 fully saturated rings. The van der Waals surface area contributed by atoms with Gasteiger partial charge in [0.1, 0.15) is 29.8 Å². The van der Waals surface area contributed by atoms with E-state index in [0.717, 1.165) is 0 Å². The Balaban J connectivity index is 1.67. The number of pyridine rings is 1. The monoisotopic (exact) mass is 413 g/mol. The van der Waals surface area contributed by atoms with Gasteiger partial charge >= 0.3 is 0 Å². The zero-order chi connectivity index (χ0) is 20.8. The van der Waals surface area contributed by atoms with Crippen molar-refractivity contribution in [2.75, 3.05) is 12.0 Å². The molecule has 148 valence electrons. The summed E-state index contributed by atoms with van der Waals surface area (Å²) in [5.74, 6) is -1.24. The van der Waals surface area contributed by atoms with E-state index in [2.05, 4.69) is 15.3 Å². The number of alkyl halides is 1. The maximum absolute atomic E-state index is 14.7. The van der Waals surface area contributed by atoms with Gasteiger partial charge in [0.2, 0.25) is 0 Å². The predicted molar refractivity (Wildman–Crippen MR) is 107 cm³/mol. The molecule has 0 saturated heterocycles. The number of amidine groups is 1. The molecular formula is C20H17F2N5OS. The Kier molecular flexibility index (Phi) is 4.74. The third-order valence-corrected chi connectivity index (χ3v) is 6.40. The van der Waals surface area contributed by atoms with Crippen molar-refractivity contribution in [3.63, 3.8) is 0 Å². The highest BCUT2D eigenvalue weighted by Gasteiger charge is 2.58. The number of carbonyl (C=O) groups excluding carboxylic acids is 1. The summed E-state index contributed by atoms with van der Waals surface area (Å²) < 4.78 is 28.8. The number of carbonyl (C=O) groups is 1. The van der Waals surface area contributed by atoms with Gasteiger partial charge in [-0.05, 0) is 43.2 Å². The van der Waals surface area contributed by atoms with Crippen molar-refractivity contribution in [2.24, 2.45) is 16.6 Å². The van der Waals surface area contributed by atoms with Crippen LogP contribution in [0.2, 0.25) is 0 Å². The van der Waals surface area contributed by atoms with Gasteiger partial charge in [0.15, 0.2) is 5.17 Å². The molecule has 9 heteroatoms. The number of nitriles is 1. The number of aliphatic imine (C=N–C) groups is 1. The van der Waals surface area contributed by atoms with E-state index in [1.54, 1.807) is 13.0 Å². The smallest absolute Gasteiger partial charge is 0.274 e. The van der Waals surface area contributed by atoms with Crippen LogP contribution in [0.5, 0.6) is 0 Å². The van der Waals surface area contributed by atoms with Crippen LogP contribution >= 0.6 is 11.8 Å². The molecule has 1 amide bonds. The number of aromatic nitrogens is 1. The Hall–Kier alpha value is -2.99. The average Bonchev–Trinajstić information content (AvgIpc) is 3.48. The molecule has 2 heterocycles. The summed E-state index contributed by atoms with van der Waals surface area (Å²) in [7, 11) is 0. The highest BCUT2D eigenvalue weighted by Crippen LogP contribution is 2.58. The minimum atomic E-state index is -1.37. The fraction of sp³-hybridized carbons (Fsp3) is 0.300. The number of rotatable bonds is 4. The first-order valence-electron chi connectivity index (χ1n) is 8.94. The quantitative estimate of drug-likeness (QED) is 0.801. The van der Waals surface area contributed by atoms with E-state index < -0.39 is 23.9 Å². The molecule has 3 atom stereocenters. The molecule has 1 aromatic carbocycles. The number of nitrogens with one attached hydrogen (secondary N) is 1. The van der Waals surface area contributed by atoms with E-state index in [1.165, 1.54) is 36.2 Å². The number of anilines is 1. The van der Waals surface area contributed by atoms with Crippen LogP contribution in [-0.4, -0.2) is 28.0 Å². The number of fused-ring (bicyclic) bond motifs is 1. The van der Waals surface area contributed by atoms with E-state index in [9.17, 15) is 13.6 Å². The molecule has 1 unspecified atom stereocenters. The zero-order valence-electron chi connectivity index (χ0n) is 15.4. The number of nitrogens with zero attached hydrogens (tertiary/aromatic N) is 3. The molecule has 1 aliphatic heterocycles. The van der Waals surface area contributed by atoms with Crippen molar-refractivity contribution in [1.82, 2.24) is 4.98 Å². The zero-order valence-corrected chi connectivity index (χ0v) is 16.3. The molecule has 0 radical (unpaired) electrons. The van der Waals surface area contributed by atoms with Gasteiger partial charge in [0.05, 0.1) is 5.56 Å². The Morgan fingerprint density at radius 1 is 1.48 bits per heavy atom. The van der Waals surface area contributed by atoms with Gasteiger partial charge in [-0.15, -0.1) is 0 Å². The number of halogens is 2. The fourth-order valence-electron chi connectivity index (χ4n) is 3.73. The number of hydrogen-bond donors (Lipinski definition) is 2. The summed E-state index contributed by atoms with van der Waals surface area (Å²) in [6, 6.07) is 7.51. The molecule has 0 spiro atoms. The first-order valence-corrected chi connectivity index (χ1v) is 9.82. The maximum Gasteiger partial charge on any atom is 0.274 e. The Bertz CT molecular complexity index is 1080. The standard InChI is InChI=1S/C20H17F2N5OS/c1-10-4-11(7-23)8-25-17(10)18(28)26-12-2-3-15(22)13(5-12)20(9-21)14-6-16(14)29-19(24)27-20/h2-5,8,14,16H,6,9H2,1H3,(H2,24,27)(H,26,28)/t14?,16-,20+/m0/s1. The Morgan fingerprint density at radius 3 is 2.97 bits per heavy atom. The molecule has 6 nitrogen and oxygen atoms in total. The van der Waals surface area contributed by atoms with Crippen molar-refractivity contribution in [2.45, 2.75) is 24.1 Å². The van der Waals surface area contributed by atoms with Gasteiger partial charge in [-0.3, -0.25) is 4.79 Å². The minimum Gasteiger partial charge on any atom is -0.379 e. The average molecular weight is 413 g/mol. The van der Waals surface area contributed by atoms with Crippen LogP contribution in [0.3, 0.4) is 0 Å². The third kappa shape index (κ3) is 3.34. The molecular weight excluding hydrogens is 396 g/mol. The summed E-state index contributed by atoms with van der Waals surface area (Å²) in [6.07, 6.45) is 2.02. The van der Waals surface area contributed by atoms with Crippen molar-refractivity contribution in [3.8, 4) is 6.07 Å². The van der Waals surface area contributed by atoms with Crippen molar-refractivity contribution in [3.05, 3.63) is 58.7 Å². The van der Waals surface area contributed by atoms with Crippen molar-refractivity contribution in [1.29, 1.82) is 5.26 Å². The van der Waals surface area contributed by atoms with Crippen LogP contribution in [0, 0.1) is 30.0 Å². The van der Waals surface area contributed by atoms with Crippen LogP contribution in [0.25, 0.3) is 0 Å². The molecule has 0 bridgehead atoms. The fourth-order valence-corrected chi connectivity index (χ4v) is 4.94. The SMILES string of the molecule is Cc1cc(C#N)cnc1C(=O)Nc1ccc(F)c([C@@]2(CF)N=C(N)S[C@H]3CC32)c1. The van der Waals surface area contributed by atoms with E-state index >= 15 is 0 Å². The maximum atomic E-state index is 14.7. The topological polar surface area (TPSA) is 104 Å². The van der Waals surface area contributed by atoms with E-state index in [1.807, 2.05) is 6.07 Å². The van der Waals surface area contributed by atoms with E-state index in [-0.39, 0.29) is 27.6 Å². The second-order valence-corrected chi connectivity index (χ2v) is 8.42. The Morgan fingerprint density at radius 2 is 2.28 bits per heavy atom. The lowest BCUT2D eigenvalue weighted by molar-refractivity contribution is 0.102. The second kappa shape index (κ2) is 7.12. The summed E-state index contributed by atoms with van der Waals surface area (Å²) in [4.78, 5) is 20.9. The molecule has 29 heavy (non-hydrogen) atoms. The van der Waals surface area contributed by atoms with E-state index in [0.29, 0.717) is 23.2 Å².